The standard InChI is InChI=1S/C93H121F2N9O24/c1-7-13-82-127-77-49-66-67-48-69(94)68-46-57(4)33-35-90(68,5)92(67,95)75(109)50-91(66,6)93(77,128-82)76(110)55-125-65-27-25-64(26-28-65)101-89(120)126-54-58-19-23-63(24-20-58)100-86(117)61(17-12-36-98-88(96)119)47-72(106)83(56(2)3)103-87(118)70(29-30-79(112)99-51-73(107)84(115)85(116)74(108)53-105)102-80(113)34-38-121-40-42-123-44-45-124-43-41-122-39-37-97-78(111)31-32-81(114)104-52-62-16-9-8-14-59(62)21-22-60-15-10-11-18-71(60)104/h8-11,14-16,18-20,23-28,33,35,46,56,61,66-67,69-70,73-75,77,82-85,105,107-109,115-116H,4,7,12-13,17,29-32,34,36-45,47-55H2,1-3,5-6H3,(H,97,111)(H,99,112)(H,100,117)(H,101,120)(H,102,113)(H,103,118)(H3,96,98,119)/t61-,66+,67+,69+,70-,73+,74-,75+,77-,82?,83+,84-,85-,90+,91+,92+,93-/m1/s1. The van der Waals surface area contributed by atoms with Gasteiger partial charge in [0.2, 0.25) is 41.2 Å². The van der Waals surface area contributed by atoms with Crippen LogP contribution in [0.5, 0.6) is 5.75 Å². The molecule has 3 saturated carbocycles. The highest BCUT2D eigenvalue weighted by atomic mass is 19.1. The van der Waals surface area contributed by atoms with Gasteiger partial charge >= 0.3 is 12.1 Å². The minimum absolute atomic E-state index is 0.00386. The van der Waals surface area contributed by atoms with E-state index in [1.54, 1.807) is 68.2 Å². The van der Waals surface area contributed by atoms with Crippen molar-refractivity contribution in [2.24, 2.45) is 40.2 Å². The first-order valence-corrected chi connectivity index (χ1v) is 43.6. The van der Waals surface area contributed by atoms with E-state index in [1.807, 2.05) is 62.4 Å². The molecule has 35 heteroatoms. The van der Waals surface area contributed by atoms with Crippen molar-refractivity contribution in [1.82, 2.24) is 26.6 Å². The van der Waals surface area contributed by atoms with Crippen LogP contribution in [0, 0.1) is 46.3 Å². The molecular formula is C93H121F2N9O24. The number of carbonyl (C=O) groups is 10. The van der Waals surface area contributed by atoms with Gasteiger partial charge in [0.05, 0.1) is 96.0 Å². The number of primary amides is 1. The third-order valence-corrected chi connectivity index (χ3v) is 24.7. The molecule has 0 bridgehead atoms. The smallest absolute Gasteiger partial charge is 0.411 e. The summed E-state index contributed by atoms with van der Waals surface area (Å²) < 4.78 is 81.5. The van der Waals surface area contributed by atoms with Crippen LogP contribution in [0.3, 0.4) is 0 Å². The monoisotopic (exact) mass is 1790 g/mol. The highest BCUT2D eigenvalue weighted by Gasteiger charge is 2.80. The van der Waals surface area contributed by atoms with E-state index in [-0.39, 0.29) is 159 Å². The van der Waals surface area contributed by atoms with E-state index in [0.29, 0.717) is 41.9 Å². The number of halogens is 2. The number of benzene rings is 4. The van der Waals surface area contributed by atoms with Crippen LogP contribution in [0.25, 0.3) is 0 Å². The lowest BCUT2D eigenvalue weighted by molar-refractivity contribution is -0.234. The van der Waals surface area contributed by atoms with Gasteiger partial charge in [-0.05, 0) is 141 Å². The predicted molar refractivity (Wildman–Crippen MR) is 464 cm³/mol. The zero-order valence-corrected chi connectivity index (χ0v) is 72.9. The number of nitrogens with one attached hydrogen (secondary N) is 7. The molecule has 4 aromatic rings. The molecule has 1 saturated heterocycles. The number of ketones is 2. The zero-order chi connectivity index (χ0) is 92.5. The first-order chi connectivity index (χ1) is 61.2. The fourth-order valence-electron chi connectivity index (χ4n) is 17.8. The molecule has 4 fully saturated rings. The Morgan fingerprint density at radius 1 is 0.703 bits per heavy atom. The highest BCUT2D eigenvalue weighted by Crippen LogP contribution is 2.72. The number of carbonyl (C=O) groups excluding carboxylic acids is 10. The van der Waals surface area contributed by atoms with E-state index < -0.39 is 187 Å². The topological polar surface area (TPSA) is 479 Å². The fraction of sp³-hybridized carbons (Fsp3) is 0.548. The number of nitrogens with zero attached hydrogens (tertiary/aromatic N) is 1. The van der Waals surface area contributed by atoms with Crippen LogP contribution in [-0.2, 0) is 84.7 Å². The van der Waals surface area contributed by atoms with Gasteiger partial charge in [0.15, 0.2) is 23.3 Å². The molecule has 0 aromatic heterocycles. The number of aliphatic hydroxyl groups excluding tert-OH is 6. The van der Waals surface area contributed by atoms with Crippen molar-refractivity contribution in [3.05, 3.63) is 155 Å². The number of ether oxygens (including phenoxy) is 8. The van der Waals surface area contributed by atoms with Crippen molar-refractivity contribution >= 4 is 76.2 Å². The molecule has 696 valence electrons. The Morgan fingerprint density at radius 2 is 1.34 bits per heavy atom. The minimum Gasteiger partial charge on any atom is -0.486 e. The van der Waals surface area contributed by atoms with E-state index in [4.69, 9.17) is 43.6 Å². The summed E-state index contributed by atoms with van der Waals surface area (Å²) >= 11 is 0. The van der Waals surface area contributed by atoms with Crippen molar-refractivity contribution in [1.29, 1.82) is 0 Å². The second-order valence-corrected chi connectivity index (χ2v) is 33.8. The SMILES string of the molecule is C=C1C=C[C@@]2(C)C(=C1)[C@@H](F)C[C@H]1[C@@H]3C[C@H]4OC(CCC)O[C@@]4(C(=O)COc4ccc(NC(=O)OCc5ccc(NC(=O)[C@H](CCCNC(N)=O)CC(=O)[C@@H](NC(=O)[C@@H](CCC(=O)NC[C@H](O)[C@@H](O)[C@H](O)[C@H](O)CO)NC(=O)CCOCCOCCOCCOCCNC(=O)CCC(=O)N6Cc7ccccc7C#Cc7ccccc76)C(C)C)cc5)cc4)[C@@]3(C)C[C@H](O)[C@@]12F. The first-order valence-electron chi connectivity index (χ1n) is 43.6. The lowest BCUT2D eigenvalue weighted by Crippen LogP contribution is -2.70. The van der Waals surface area contributed by atoms with Crippen molar-refractivity contribution < 1.29 is 125 Å². The molecule has 33 nitrogen and oxygen atoms in total. The molecule has 9 amide bonds. The molecule has 15 N–H and O–H groups in total. The second kappa shape index (κ2) is 46.7. The molecule has 2 heterocycles. The van der Waals surface area contributed by atoms with Gasteiger partial charge in [0.1, 0.15) is 49.5 Å². The van der Waals surface area contributed by atoms with Crippen LogP contribution in [0.4, 0.5) is 35.4 Å². The lowest BCUT2D eigenvalue weighted by atomic mass is 9.44. The number of para-hydroxylation sites is 1. The summed E-state index contributed by atoms with van der Waals surface area (Å²) in [6.45, 7) is 12.0. The number of rotatable bonds is 49. The summed E-state index contributed by atoms with van der Waals surface area (Å²) in [6.07, 6.45) is -8.67. The summed E-state index contributed by atoms with van der Waals surface area (Å²) in [5.74, 6) is -1.21. The van der Waals surface area contributed by atoms with Crippen LogP contribution < -0.4 is 52.6 Å². The Hall–Kier alpha value is -10.5. The van der Waals surface area contributed by atoms with Crippen molar-refractivity contribution in [3.8, 4) is 17.6 Å². The van der Waals surface area contributed by atoms with Gasteiger partial charge in [-0.15, -0.1) is 0 Å². The summed E-state index contributed by atoms with van der Waals surface area (Å²) in [6, 6.07) is 23.9. The number of hydrogen-bond acceptors (Lipinski definition) is 24. The van der Waals surface area contributed by atoms with Crippen LogP contribution >= 0.6 is 0 Å². The summed E-state index contributed by atoms with van der Waals surface area (Å²) in [5, 5.41) is 80.1. The maximum absolute atomic E-state index is 18.1. The molecular weight excluding hydrogens is 1670 g/mol. The maximum atomic E-state index is 18.1. The molecule has 10 rings (SSSR count). The summed E-state index contributed by atoms with van der Waals surface area (Å²) in [5.41, 5.74) is 3.76. The predicted octanol–water partition coefficient (Wildman–Crippen LogP) is 5.80. The van der Waals surface area contributed by atoms with E-state index in [2.05, 4.69) is 55.6 Å². The van der Waals surface area contributed by atoms with Crippen LogP contribution in [0.1, 0.15) is 140 Å². The molecule has 0 radical (unpaired) electrons. The van der Waals surface area contributed by atoms with Gasteiger partial charge in [0.25, 0.3) is 0 Å². The average Bonchev–Trinajstić information content (AvgIpc) is 1.45. The van der Waals surface area contributed by atoms with Gasteiger partial charge in [-0.3, -0.25) is 43.7 Å². The Labute approximate surface area is 742 Å². The van der Waals surface area contributed by atoms with Gasteiger partial charge in [0, 0.05) is 96.9 Å². The minimum atomic E-state index is -2.27. The number of allylic oxidation sites excluding steroid dienone is 5. The largest absolute Gasteiger partial charge is 0.486 e. The number of urea groups is 1. The van der Waals surface area contributed by atoms with Crippen LogP contribution in [-0.4, -0.2) is 248 Å². The number of aliphatic hydroxyl groups is 6. The van der Waals surface area contributed by atoms with Gasteiger partial charge in [-0.2, -0.15) is 0 Å². The molecule has 4 aliphatic carbocycles. The molecule has 6 aliphatic rings. The second-order valence-electron chi connectivity index (χ2n) is 33.8. The molecule has 2 aliphatic heterocycles. The van der Waals surface area contributed by atoms with Crippen molar-refractivity contribution in [2.75, 3.05) is 101 Å². The Morgan fingerprint density at radius 3 is 2.03 bits per heavy atom. The average molecular weight is 1790 g/mol. The quantitative estimate of drug-likeness (QED) is 0.0183. The van der Waals surface area contributed by atoms with E-state index >= 15 is 8.78 Å². The number of Topliss-reactive ketones (excluding diaryl/α,β-unsaturated/α-hetero) is 2. The van der Waals surface area contributed by atoms with Gasteiger partial charge in [-0.1, -0.05) is 113 Å². The van der Waals surface area contributed by atoms with E-state index in [0.717, 1.165) is 16.7 Å². The normalized spacial score (nSPS) is 23.9. The fourth-order valence-corrected chi connectivity index (χ4v) is 17.8. The number of hydrogen-bond donors (Lipinski definition) is 14. The molecule has 0 spiro atoms. The van der Waals surface area contributed by atoms with E-state index in [9.17, 15) is 78.6 Å². The van der Waals surface area contributed by atoms with E-state index in [1.165, 1.54) is 24.3 Å². The number of anilines is 3. The third kappa shape index (κ3) is 25.1. The molecule has 128 heavy (non-hydrogen) atoms. The van der Waals surface area contributed by atoms with Crippen molar-refractivity contribution in [3.63, 3.8) is 0 Å². The highest BCUT2D eigenvalue weighted by molar-refractivity contribution is 5.99. The summed E-state index contributed by atoms with van der Waals surface area (Å²) in [7, 11) is 0. The number of alkyl halides is 2. The molecule has 1 unspecified atom stereocenters. The third-order valence-electron chi connectivity index (χ3n) is 24.7. The van der Waals surface area contributed by atoms with Gasteiger partial charge < -0.3 is 111 Å². The Kier molecular flexibility index (Phi) is 36.4. The summed E-state index contributed by atoms with van der Waals surface area (Å²) in [4.78, 5) is 137. The molecule has 17 atom stereocenters. The van der Waals surface area contributed by atoms with Gasteiger partial charge in [-0.25, -0.2) is 18.4 Å². The number of fused-ring (bicyclic) bond motifs is 9. The number of nitrogens with two attached hydrogens (primary N) is 1. The maximum Gasteiger partial charge on any atom is 0.411 e. The lowest BCUT2D eigenvalue weighted by Gasteiger charge is -2.63. The Balaban J connectivity index is 0.652. The number of amides is 9. The van der Waals surface area contributed by atoms with Crippen LogP contribution in [0.15, 0.2) is 133 Å². The first kappa shape index (κ1) is 99.7. The van der Waals surface area contributed by atoms with Crippen molar-refractivity contribution in [2.45, 2.75) is 204 Å². The Bertz CT molecular complexity index is 4660. The zero-order valence-electron chi connectivity index (χ0n) is 72.9. The van der Waals surface area contributed by atoms with Crippen LogP contribution in [0.2, 0.25) is 0 Å². The molecule has 4 aromatic carbocycles.